The van der Waals surface area contributed by atoms with Crippen LogP contribution in [0.1, 0.15) is 105 Å². The molecule has 0 aromatic rings. The Kier molecular flexibility index (Phi) is 37.2. The molecule has 0 aliphatic heterocycles. The molecule has 3 aliphatic carbocycles. The van der Waals surface area contributed by atoms with Crippen molar-refractivity contribution in [3.05, 3.63) is 0 Å². The maximum absolute atomic E-state index is 13.7. The van der Waals surface area contributed by atoms with Crippen molar-refractivity contribution in [2.24, 2.45) is 17.8 Å². The van der Waals surface area contributed by atoms with E-state index in [4.69, 9.17) is 33.2 Å². The van der Waals surface area contributed by atoms with E-state index in [2.05, 4.69) is 42.5 Å². The summed E-state index contributed by atoms with van der Waals surface area (Å²) in [5.41, 5.74) is -1.55. The van der Waals surface area contributed by atoms with E-state index in [1.807, 2.05) is 0 Å². The van der Waals surface area contributed by atoms with Crippen molar-refractivity contribution in [2.75, 3.05) is 106 Å². The highest BCUT2D eigenvalue weighted by atomic mass is 16.5. The molecule has 3 rings (SSSR count). The third kappa shape index (κ3) is 29.1. The van der Waals surface area contributed by atoms with Gasteiger partial charge in [0.05, 0.1) is 100 Å². The van der Waals surface area contributed by atoms with Crippen LogP contribution in [0, 0.1) is 17.8 Å². The van der Waals surface area contributed by atoms with Gasteiger partial charge in [-0.15, -0.1) is 0 Å². The Hall–Kier alpha value is -4.88. The van der Waals surface area contributed by atoms with E-state index in [0.717, 1.165) is 0 Å². The summed E-state index contributed by atoms with van der Waals surface area (Å²) < 4.78 is 41.2. The molecule has 6 unspecified atom stereocenters. The van der Waals surface area contributed by atoms with E-state index in [-0.39, 0.29) is 143 Å². The van der Waals surface area contributed by atoms with Gasteiger partial charge >= 0.3 is 0 Å². The first-order chi connectivity index (χ1) is 42.3. The number of nitrogens with one attached hydrogen (secondary N) is 8. The zero-order chi connectivity index (χ0) is 66.1. The van der Waals surface area contributed by atoms with Crippen LogP contribution in [0.2, 0.25) is 0 Å². The Morgan fingerprint density at radius 2 is 0.730 bits per heavy atom. The van der Waals surface area contributed by atoms with E-state index in [1.54, 1.807) is 13.8 Å². The van der Waals surface area contributed by atoms with Crippen molar-refractivity contribution in [1.29, 1.82) is 0 Å². The van der Waals surface area contributed by atoms with Crippen molar-refractivity contribution in [1.82, 2.24) is 42.5 Å². The molecule has 0 radical (unpaired) electrons. The van der Waals surface area contributed by atoms with Crippen molar-refractivity contribution >= 4 is 47.3 Å². The predicted molar refractivity (Wildman–Crippen MR) is 312 cm³/mol. The largest absolute Gasteiger partial charge is 0.396 e. The second kappa shape index (κ2) is 42.3. The summed E-state index contributed by atoms with van der Waals surface area (Å²) in [5.74, 6) is -5.76. The number of hydrogen-bond acceptors (Lipinski definition) is 24. The molecular weight excluding hydrogens is 1180 g/mol. The highest BCUT2D eigenvalue weighted by Crippen LogP contribution is 2.30. The van der Waals surface area contributed by atoms with E-state index < -0.39 is 163 Å². The van der Waals surface area contributed by atoms with Gasteiger partial charge in [0.25, 0.3) is 0 Å². The Morgan fingerprint density at radius 3 is 1.02 bits per heavy atom. The summed E-state index contributed by atoms with van der Waals surface area (Å²) in [7, 11) is 0. The Bertz CT molecular complexity index is 1950. The number of rotatable bonds is 43. The maximum atomic E-state index is 13.7. The second-order valence-corrected chi connectivity index (χ2v) is 23.2. The van der Waals surface area contributed by atoms with Crippen molar-refractivity contribution < 1.29 is 117 Å². The number of ether oxygens (including phenoxy) is 7. The summed E-state index contributed by atoms with van der Waals surface area (Å²) in [6.07, 6.45) is -9.98. The fourth-order valence-corrected chi connectivity index (χ4v) is 10.6. The molecule has 0 aromatic carbocycles. The van der Waals surface area contributed by atoms with E-state index in [1.165, 1.54) is 20.8 Å². The summed E-state index contributed by atoms with van der Waals surface area (Å²) in [6, 6.07) is -2.79. The molecule has 3 saturated carbocycles. The molecule has 0 bridgehead atoms. The summed E-state index contributed by atoms with van der Waals surface area (Å²) in [4.78, 5) is 101. The fourth-order valence-electron chi connectivity index (χ4n) is 10.6. The molecule has 3 aliphatic rings. The van der Waals surface area contributed by atoms with Crippen LogP contribution in [0.25, 0.3) is 0 Å². The predicted octanol–water partition coefficient (Wildman–Crippen LogP) is -6.27. The van der Waals surface area contributed by atoms with Crippen LogP contribution in [-0.4, -0.2) is 284 Å². The summed E-state index contributed by atoms with van der Waals surface area (Å²) in [5, 5.41) is 114. The van der Waals surface area contributed by atoms with Crippen molar-refractivity contribution in [3.8, 4) is 0 Å². The van der Waals surface area contributed by atoms with Gasteiger partial charge in [0, 0.05) is 130 Å². The lowest BCUT2D eigenvalue weighted by atomic mass is 9.79. The van der Waals surface area contributed by atoms with Gasteiger partial charge in [-0.1, -0.05) is 0 Å². The number of aliphatic hydroxyl groups is 9. The van der Waals surface area contributed by atoms with Crippen LogP contribution in [0.15, 0.2) is 0 Å². The molecule has 32 heteroatoms. The minimum Gasteiger partial charge on any atom is -0.396 e. The normalized spacial score (nSPS) is 27.6. The van der Waals surface area contributed by atoms with Crippen LogP contribution in [0.3, 0.4) is 0 Å². The van der Waals surface area contributed by atoms with E-state index >= 15 is 0 Å². The quantitative estimate of drug-likeness (QED) is 0.0199. The Labute approximate surface area is 519 Å². The maximum Gasteiger partial charge on any atom is 0.222 e. The second-order valence-electron chi connectivity index (χ2n) is 23.2. The minimum atomic E-state index is -1.55. The fraction of sp³-hybridized carbons (Fsp3) is 0.860. The molecule has 0 aromatic heterocycles. The topological polar surface area (TPSA) is 479 Å². The molecule has 3 fully saturated rings. The number of aliphatic hydroxyl groups excluding tert-OH is 9. The minimum absolute atomic E-state index is 0.0855. The van der Waals surface area contributed by atoms with E-state index in [9.17, 15) is 84.3 Å². The number of carbonyl (C=O) groups excluding carboxylic acids is 8. The third-order valence-electron chi connectivity index (χ3n) is 15.4. The molecule has 514 valence electrons. The Morgan fingerprint density at radius 1 is 0.427 bits per heavy atom. The zero-order valence-electron chi connectivity index (χ0n) is 52.0. The first-order valence-corrected chi connectivity index (χ1v) is 30.6. The van der Waals surface area contributed by atoms with Crippen molar-refractivity contribution in [2.45, 2.75) is 190 Å². The molecule has 0 spiro atoms. The van der Waals surface area contributed by atoms with Gasteiger partial charge in [-0.05, 0) is 52.4 Å². The van der Waals surface area contributed by atoms with Gasteiger partial charge in [0.1, 0.15) is 30.6 Å². The molecule has 15 atom stereocenters. The summed E-state index contributed by atoms with van der Waals surface area (Å²) >= 11 is 0. The molecule has 0 heterocycles. The number of carbonyl (C=O) groups is 8. The van der Waals surface area contributed by atoms with Gasteiger partial charge < -0.3 is 122 Å². The monoisotopic (exact) mass is 1280 g/mol. The van der Waals surface area contributed by atoms with Crippen LogP contribution >= 0.6 is 0 Å². The van der Waals surface area contributed by atoms with Crippen LogP contribution in [0.5, 0.6) is 0 Å². The van der Waals surface area contributed by atoms with E-state index in [0.29, 0.717) is 19.3 Å². The molecule has 0 saturated heterocycles. The molecule has 32 nitrogen and oxygen atoms in total. The average molecular weight is 1280 g/mol. The van der Waals surface area contributed by atoms with Crippen LogP contribution in [-0.2, 0) is 71.5 Å². The smallest absolute Gasteiger partial charge is 0.222 e. The molecule has 8 amide bonds. The highest BCUT2D eigenvalue weighted by molar-refractivity contribution is 5.84. The first kappa shape index (κ1) is 78.4. The highest BCUT2D eigenvalue weighted by Gasteiger charge is 2.47. The lowest BCUT2D eigenvalue weighted by molar-refractivity contribution is -0.142. The average Bonchev–Trinajstić information content (AvgIpc) is 2.20. The first-order valence-electron chi connectivity index (χ1n) is 30.6. The van der Waals surface area contributed by atoms with Crippen LogP contribution < -0.4 is 42.5 Å². The van der Waals surface area contributed by atoms with Gasteiger partial charge in [0.2, 0.25) is 47.3 Å². The molecule has 17 N–H and O–H groups in total. The van der Waals surface area contributed by atoms with Gasteiger partial charge in [-0.2, -0.15) is 0 Å². The zero-order valence-corrected chi connectivity index (χ0v) is 52.0. The lowest BCUT2D eigenvalue weighted by Gasteiger charge is -2.42. The van der Waals surface area contributed by atoms with Gasteiger partial charge in [0.15, 0.2) is 0 Å². The molecular formula is C57H102N8O24. The van der Waals surface area contributed by atoms with Gasteiger partial charge in [-0.3, -0.25) is 38.4 Å². The lowest BCUT2D eigenvalue weighted by Crippen LogP contribution is -2.61. The standard InChI is InChI=1S/C57H102N8O24/c1-33(2)89-32-61-43(72)9-10-47(76)65-57(29-83-20-11-44(73)58-14-6-17-86-40-23-37(26-66)51(77)54(80)48(40)62-34(3)69,30-84-21-12-45(74)59-15-7-18-87-41-24-38(27-67)52(78)55(81)49(41)63-35(4)70)31-85-22-13-46(75)60-16-8-19-88-42-25-39(28-68)53(79)56(82)50(42)64-36(5)71/h33,37-42,48-56,66-68,77-82H,6-32H2,1-5H3,(H,58,73)(H,59,74)(H,60,75)(H,61,72)(H,62,69)(H,63,70)(H,64,71)(H,65,76)/t37?,38?,39?,40-,41-,42-,48?,49?,50?,51+,52+,53+,54-,55-,56-,57?/m1/s1. The van der Waals surface area contributed by atoms with Crippen LogP contribution in [0.4, 0.5) is 0 Å². The third-order valence-corrected chi connectivity index (χ3v) is 15.4. The van der Waals surface area contributed by atoms with Crippen molar-refractivity contribution in [3.63, 3.8) is 0 Å². The van der Waals surface area contributed by atoms with Gasteiger partial charge in [-0.25, -0.2) is 0 Å². The summed E-state index contributed by atoms with van der Waals surface area (Å²) in [6.45, 7) is 5.19. The SMILES string of the molecule is CC(=O)NC1[C@@H](O)[C@@H](O)C(CO)C[C@H]1OCCCNC(=O)CCOCC(COCCC(=O)NCCCO[C@@H]1CC(CO)[C@H](O)[C@H](O)C1NC(C)=O)(COCCC(=O)NCCCO[C@@H]1CC(CO)[C@H](O)[C@H](O)C1NC(C)=O)NC(=O)CCC(=O)NCOC(C)C. The Balaban J connectivity index is 1.65. The number of hydrogen-bond donors (Lipinski definition) is 17. The number of amides is 8. The molecule has 89 heavy (non-hydrogen) atoms.